The van der Waals surface area contributed by atoms with Crippen molar-refractivity contribution in [2.45, 2.75) is 26.1 Å². The predicted molar refractivity (Wildman–Crippen MR) is 135 cm³/mol. The number of ether oxygens (including phenoxy) is 1. The van der Waals surface area contributed by atoms with Crippen LogP contribution in [0.25, 0.3) is 11.3 Å². The van der Waals surface area contributed by atoms with E-state index in [1.807, 2.05) is 0 Å². The maximum atomic E-state index is 12.8. The topological polar surface area (TPSA) is 109 Å². The average Bonchev–Trinajstić information content (AvgIpc) is 3.33. The smallest absolute Gasteiger partial charge is 0.416 e. The molecule has 0 saturated carbocycles. The molecule has 0 aliphatic rings. The van der Waals surface area contributed by atoms with Crippen molar-refractivity contribution in [3.8, 4) is 11.3 Å². The molecular formula is C24H22ClF3N4O4S. The van der Waals surface area contributed by atoms with Gasteiger partial charge in [-0.25, -0.2) is 14.6 Å². The SMILES string of the molecule is COC(=O)C(NC(=O)c1nc(-c2ccc(NC(=O)Nc3ccc(C(F)(F)F)cc3Cl)cc2)cs1)C(C)C. The van der Waals surface area contributed by atoms with Crippen LogP contribution in [0.15, 0.2) is 47.8 Å². The van der Waals surface area contributed by atoms with E-state index in [0.29, 0.717) is 16.9 Å². The van der Waals surface area contributed by atoms with Crippen LogP contribution < -0.4 is 16.0 Å². The van der Waals surface area contributed by atoms with Crippen LogP contribution in [0.3, 0.4) is 0 Å². The van der Waals surface area contributed by atoms with Gasteiger partial charge in [-0.05, 0) is 36.2 Å². The molecule has 196 valence electrons. The fourth-order valence-electron chi connectivity index (χ4n) is 3.14. The van der Waals surface area contributed by atoms with Gasteiger partial charge >= 0.3 is 18.2 Å². The molecule has 0 aliphatic carbocycles. The van der Waals surface area contributed by atoms with Gasteiger partial charge in [0.15, 0.2) is 5.01 Å². The molecule has 37 heavy (non-hydrogen) atoms. The van der Waals surface area contributed by atoms with Crippen LogP contribution in [0.5, 0.6) is 0 Å². The fraction of sp³-hybridized carbons (Fsp3) is 0.250. The Balaban J connectivity index is 1.63. The van der Waals surface area contributed by atoms with E-state index in [4.69, 9.17) is 16.3 Å². The zero-order valence-electron chi connectivity index (χ0n) is 19.8. The predicted octanol–water partition coefficient (Wildman–Crippen LogP) is 6.05. The van der Waals surface area contributed by atoms with Crippen molar-refractivity contribution in [1.29, 1.82) is 0 Å². The lowest BCUT2D eigenvalue weighted by Crippen LogP contribution is -2.45. The van der Waals surface area contributed by atoms with Crippen LogP contribution >= 0.6 is 22.9 Å². The van der Waals surface area contributed by atoms with E-state index in [0.717, 1.165) is 29.5 Å². The largest absolute Gasteiger partial charge is 0.467 e. The van der Waals surface area contributed by atoms with E-state index >= 15 is 0 Å². The minimum absolute atomic E-state index is 0.0176. The highest BCUT2D eigenvalue weighted by molar-refractivity contribution is 7.12. The molecule has 1 aromatic heterocycles. The first-order chi connectivity index (χ1) is 17.4. The third-order valence-electron chi connectivity index (χ3n) is 5.09. The van der Waals surface area contributed by atoms with E-state index in [9.17, 15) is 27.6 Å². The number of hydrogen-bond acceptors (Lipinski definition) is 6. The molecule has 1 atom stereocenters. The highest BCUT2D eigenvalue weighted by Gasteiger charge is 2.31. The van der Waals surface area contributed by atoms with Crippen molar-refractivity contribution >= 4 is 52.2 Å². The summed E-state index contributed by atoms with van der Waals surface area (Å²) in [6, 6.07) is 7.63. The van der Waals surface area contributed by atoms with Crippen LogP contribution in [0.2, 0.25) is 5.02 Å². The first-order valence-electron chi connectivity index (χ1n) is 10.8. The standard InChI is InChI=1S/C24H22ClF3N4O4S/c1-12(2)19(22(34)36-3)32-20(33)21-30-18(11-37-21)13-4-7-15(8-5-13)29-23(35)31-17-9-6-14(10-16(17)25)24(26,27)28/h4-12,19H,1-3H3,(H,32,33)(H2,29,31,35). The van der Waals surface area contributed by atoms with E-state index in [1.165, 1.54) is 7.11 Å². The number of rotatable bonds is 7. The number of esters is 1. The first-order valence-corrected chi connectivity index (χ1v) is 12.0. The molecule has 2 aromatic carbocycles. The maximum absolute atomic E-state index is 12.8. The van der Waals surface area contributed by atoms with Crippen molar-refractivity contribution in [2.24, 2.45) is 5.92 Å². The number of carbonyl (C=O) groups excluding carboxylic acids is 3. The zero-order valence-corrected chi connectivity index (χ0v) is 21.3. The lowest BCUT2D eigenvalue weighted by Gasteiger charge is -2.18. The summed E-state index contributed by atoms with van der Waals surface area (Å²) in [6.07, 6.45) is -4.55. The fourth-order valence-corrected chi connectivity index (χ4v) is 4.10. The van der Waals surface area contributed by atoms with Crippen molar-refractivity contribution in [2.75, 3.05) is 17.7 Å². The van der Waals surface area contributed by atoms with Gasteiger partial charge in [0.2, 0.25) is 0 Å². The summed E-state index contributed by atoms with van der Waals surface area (Å²) in [5.74, 6) is -1.23. The lowest BCUT2D eigenvalue weighted by atomic mass is 10.0. The molecule has 3 aromatic rings. The number of nitrogens with one attached hydrogen (secondary N) is 3. The molecule has 8 nitrogen and oxygen atoms in total. The number of nitrogens with zero attached hydrogens (tertiary/aromatic N) is 1. The lowest BCUT2D eigenvalue weighted by molar-refractivity contribution is -0.144. The van der Waals surface area contributed by atoms with Gasteiger partial charge < -0.3 is 20.7 Å². The Kier molecular flexibility index (Phi) is 8.77. The summed E-state index contributed by atoms with van der Waals surface area (Å²) in [6.45, 7) is 3.56. The molecule has 0 aliphatic heterocycles. The van der Waals surface area contributed by atoms with Gasteiger partial charge in [-0.2, -0.15) is 13.2 Å². The Morgan fingerprint density at radius 3 is 2.30 bits per heavy atom. The third kappa shape index (κ3) is 7.20. The second-order valence-corrected chi connectivity index (χ2v) is 9.37. The van der Waals surface area contributed by atoms with Gasteiger partial charge in [0.1, 0.15) is 6.04 Å². The van der Waals surface area contributed by atoms with Gasteiger partial charge in [-0.15, -0.1) is 11.3 Å². The van der Waals surface area contributed by atoms with Gasteiger partial charge in [-0.3, -0.25) is 4.79 Å². The van der Waals surface area contributed by atoms with Crippen molar-refractivity contribution in [1.82, 2.24) is 10.3 Å². The van der Waals surface area contributed by atoms with Crippen molar-refractivity contribution in [3.63, 3.8) is 0 Å². The molecule has 0 bridgehead atoms. The highest BCUT2D eigenvalue weighted by Crippen LogP contribution is 2.34. The average molecular weight is 555 g/mol. The summed E-state index contributed by atoms with van der Waals surface area (Å²) in [5, 5.41) is 9.17. The van der Waals surface area contributed by atoms with Crippen molar-refractivity contribution in [3.05, 3.63) is 63.4 Å². The van der Waals surface area contributed by atoms with Gasteiger partial charge in [-0.1, -0.05) is 37.6 Å². The molecule has 0 saturated heterocycles. The monoisotopic (exact) mass is 554 g/mol. The quantitative estimate of drug-likeness (QED) is 0.308. The Bertz CT molecular complexity index is 1300. The number of anilines is 2. The minimum Gasteiger partial charge on any atom is -0.467 e. The molecule has 13 heteroatoms. The second kappa shape index (κ2) is 11.6. The van der Waals surface area contributed by atoms with E-state index in [2.05, 4.69) is 20.9 Å². The Morgan fingerprint density at radius 2 is 1.73 bits per heavy atom. The van der Waals surface area contributed by atoms with E-state index in [-0.39, 0.29) is 21.6 Å². The van der Waals surface area contributed by atoms with Crippen molar-refractivity contribution < 1.29 is 32.3 Å². The van der Waals surface area contributed by atoms with Gasteiger partial charge in [0, 0.05) is 16.6 Å². The number of aromatic nitrogens is 1. The van der Waals surface area contributed by atoms with Gasteiger partial charge in [0.25, 0.3) is 5.91 Å². The summed E-state index contributed by atoms with van der Waals surface area (Å²) in [5.41, 5.74) is 0.673. The summed E-state index contributed by atoms with van der Waals surface area (Å²) in [4.78, 5) is 41.0. The van der Waals surface area contributed by atoms with Gasteiger partial charge in [0.05, 0.1) is 29.1 Å². The summed E-state index contributed by atoms with van der Waals surface area (Å²) in [7, 11) is 1.25. The van der Waals surface area contributed by atoms with E-state index in [1.54, 1.807) is 43.5 Å². The van der Waals surface area contributed by atoms with Crippen LogP contribution in [0, 0.1) is 5.92 Å². The second-order valence-electron chi connectivity index (χ2n) is 8.11. The molecule has 3 rings (SSSR count). The van der Waals surface area contributed by atoms with Crippen LogP contribution in [-0.2, 0) is 15.7 Å². The third-order valence-corrected chi connectivity index (χ3v) is 6.24. The number of halogens is 4. The van der Waals surface area contributed by atoms with Crippen LogP contribution in [-0.4, -0.2) is 36.0 Å². The maximum Gasteiger partial charge on any atom is 0.416 e. The zero-order chi connectivity index (χ0) is 27.3. The molecule has 1 unspecified atom stereocenters. The van der Waals surface area contributed by atoms with E-state index < -0.39 is 35.7 Å². The molecule has 3 N–H and O–H groups in total. The number of urea groups is 1. The molecular weight excluding hydrogens is 533 g/mol. The molecule has 1 heterocycles. The number of amides is 3. The number of benzene rings is 2. The Hall–Kier alpha value is -3.64. The molecule has 0 radical (unpaired) electrons. The summed E-state index contributed by atoms with van der Waals surface area (Å²) >= 11 is 6.97. The molecule has 3 amide bonds. The van der Waals surface area contributed by atoms with Crippen LogP contribution in [0.1, 0.15) is 29.2 Å². The molecule has 0 fully saturated rings. The molecule has 0 spiro atoms. The van der Waals surface area contributed by atoms with Crippen LogP contribution in [0.4, 0.5) is 29.3 Å². The number of carbonyl (C=O) groups is 3. The summed E-state index contributed by atoms with van der Waals surface area (Å²) < 4.78 is 43.0. The minimum atomic E-state index is -4.55. The number of alkyl halides is 3. The highest BCUT2D eigenvalue weighted by atomic mass is 35.5. The number of methoxy groups -OCH3 is 1. The normalized spacial score (nSPS) is 12.1. The Morgan fingerprint density at radius 1 is 1.05 bits per heavy atom. The number of hydrogen-bond donors (Lipinski definition) is 3. The number of thiazole rings is 1. The first kappa shape index (κ1) is 27.9. The Labute approximate surface area is 219 Å².